The van der Waals surface area contributed by atoms with Crippen molar-refractivity contribution in [1.82, 2.24) is 4.98 Å². The molecular weight excluding hydrogens is 241 g/mol. The first-order chi connectivity index (χ1) is 8.11. The lowest BCUT2D eigenvalue weighted by Gasteiger charge is -1.94. The van der Waals surface area contributed by atoms with E-state index >= 15 is 0 Å². The lowest BCUT2D eigenvalue weighted by Crippen LogP contribution is -1.97. The van der Waals surface area contributed by atoms with E-state index < -0.39 is 5.97 Å². The zero-order chi connectivity index (χ0) is 12.4. The summed E-state index contributed by atoms with van der Waals surface area (Å²) in [5.41, 5.74) is 1.31. The van der Waals surface area contributed by atoms with Crippen molar-refractivity contribution in [2.45, 2.75) is 13.3 Å². The monoisotopic (exact) mass is 251 g/mol. The number of aryl methyl sites for hydroxylation is 1. The molecule has 0 amide bonds. The van der Waals surface area contributed by atoms with Crippen LogP contribution in [0.15, 0.2) is 24.3 Å². The molecule has 1 aromatic carbocycles. The summed E-state index contributed by atoms with van der Waals surface area (Å²) in [7, 11) is 0. The number of halogens is 1. The van der Waals surface area contributed by atoms with Crippen LogP contribution in [-0.4, -0.2) is 16.1 Å². The fourth-order valence-corrected chi connectivity index (χ4v) is 2.47. The van der Waals surface area contributed by atoms with Gasteiger partial charge in [0.1, 0.15) is 15.7 Å². The van der Waals surface area contributed by atoms with E-state index in [2.05, 4.69) is 4.98 Å². The van der Waals surface area contributed by atoms with Crippen molar-refractivity contribution >= 4 is 17.3 Å². The highest BCUT2D eigenvalue weighted by Crippen LogP contribution is 2.28. The molecule has 2 aromatic rings. The van der Waals surface area contributed by atoms with Gasteiger partial charge in [0.2, 0.25) is 0 Å². The average molecular weight is 251 g/mol. The van der Waals surface area contributed by atoms with Crippen LogP contribution in [0.2, 0.25) is 0 Å². The topological polar surface area (TPSA) is 50.2 Å². The number of benzene rings is 1. The van der Waals surface area contributed by atoms with Gasteiger partial charge in [0.25, 0.3) is 0 Å². The summed E-state index contributed by atoms with van der Waals surface area (Å²) in [6, 6.07) is 5.87. The fourth-order valence-electron chi connectivity index (χ4n) is 1.47. The molecule has 88 valence electrons. The van der Waals surface area contributed by atoms with E-state index in [0.29, 0.717) is 17.1 Å². The van der Waals surface area contributed by atoms with Crippen LogP contribution in [0.5, 0.6) is 0 Å². The van der Waals surface area contributed by atoms with Gasteiger partial charge in [-0.3, -0.25) is 0 Å². The van der Waals surface area contributed by atoms with E-state index in [4.69, 9.17) is 5.11 Å². The van der Waals surface area contributed by atoms with Crippen molar-refractivity contribution in [3.63, 3.8) is 0 Å². The molecule has 0 radical (unpaired) electrons. The number of hydrogen-bond donors (Lipinski definition) is 1. The molecule has 0 atom stereocenters. The molecule has 0 bridgehead atoms. The van der Waals surface area contributed by atoms with Crippen molar-refractivity contribution < 1.29 is 14.3 Å². The molecule has 0 aliphatic heterocycles. The van der Waals surface area contributed by atoms with Gasteiger partial charge in [-0.2, -0.15) is 0 Å². The van der Waals surface area contributed by atoms with E-state index in [1.54, 1.807) is 12.1 Å². The summed E-state index contributed by atoms with van der Waals surface area (Å²) >= 11 is 1.12. The van der Waals surface area contributed by atoms with Gasteiger partial charge in [-0.25, -0.2) is 14.2 Å². The minimum atomic E-state index is -0.965. The second kappa shape index (κ2) is 4.63. The molecule has 5 heteroatoms. The number of hydrogen-bond acceptors (Lipinski definition) is 3. The number of carboxylic acids is 1. The van der Waals surface area contributed by atoms with E-state index in [9.17, 15) is 9.18 Å². The molecule has 1 heterocycles. The Morgan fingerprint density at radius 1 is 1.41 bits per heavy atom. The van der Waals surface area contributed by atoms with Gasteiger partial charge in [-0.1, -0.05) is 6.92 Å². The second-order valence-corrected chi connectivity index (χ2v) is 4.46. The molecule has 0 aliphatic carbocycles. The molecule has 0 fully saturated rings. The maximum Gasteiger partial charge on any atom is 0.347 e. The van der Waals surface area contributed by atoms with E-state index in [1.807, 2.05) is 6.92 Å². The Labute approximate surface area is 102 Å². The first-order valence-electron chi connectivity index (χ1n) is 5.10. The predicted octanol–water partition coefficient (Wildman–Crippen LogP) is 3.21. The second-order valence-electron chi connectivity index (χ2n) is 3.46. The van der Waals surface area contributed by atoms with Crippen molar-refractivity contribution in [1.29, 1.82) is 0 Å². The molecule has 1 N–H and O–H groups in total. The third-order valence-electron chi connectivity index (χ3n) is 2.32. The largest absolute Gasteiger partial charge is 0.477 e. The Balaban J connectivity index is 2.46. The Bertz CT molecular complexity index is 548. The zero-order valence-electron chi connectivity index (χ0n) is 9.11. The smallest absolute Gasteiger partial charge is 0.347 e. The van der Waals surface area contributed by atoms with Gasteiger partial charge in [0, 0.05) is 5.56 Å². The molecule has 1 aromatic heterocycles. The SMILES string of the molecule is CCc1nc(-c2ccc(F)cc2)sc1C(=O)O. The molecule has 0 aliphatic rings. The van der Waals surface area contributed by atoms with Gasteiger partial charge in [-0.05, 0) is 30.7 Å². The number of aromatic nitrogens is 1. The summed E-state index contributed by atoms with van der Waals surface area (Å²) in [5, 5.41) is 9.62. The molecule has 0 unspecified atom stereocenters. The van der Waals surface area contributed by atoms with E-state index in [1.165, 1.54) is 12.1 Å². The Morgan fingerprint density at radius 2 is 2.06 bits per heavy atom. The van der Waals surface area contributed by atoms with Crippen molar-refractivity contribution in [2.75, 3.05) is 0 Å². The van der Waals surface area contributed by atoms with Gasteiger partial charge >= 0.3 is 5.97 Å². The minimum Gasteiger partial charge on any atom is -0.477 e. The first kappa shape index (κ1) is 11.7. The Hall–Kier alpha value is -1.75. The van der Waals surface area contributed by atoms with Gasteiger partial charge < -0.3 is 5.11 Å². The van der Waals surface area contributed by atoms with Crippen molar-refractivity contribution in [2.24, 2.45) is 0 Å². The highest BCUT2D eigenvalue weighted by molar-refractivity contribution is 7.17. The standard InChI is InChI=1S/C12H10FNO2S/c1-2-9-10(12(15)16)17-11(14-9)7-3-5-8(13)6-4-7/h3-6H,2H2,1H3,(H,15,16). The van der Waals surface area contributed by atoms with Crippen LogP contribution in [0.3, 0.4) is 0 Å². The summed E-state index contributed by atoms with van der Waals surface area (Å²) in [5.74, 6) is -1.29. The molecular formula is C12H10FNO2S. The van der Waals surface area contributed by atoms with Crippen molar-refractivity contribution in [3.8, 4) is 10.6 Å². The summed E-state index contributed by atoms with van der Waals surface area (Å²) < 4.78 is 12.8. The molecule has 2 rings (SSSR count). The minimum absolute atomic E-state index is 0.256. The number of nitrogens with zero attached hydrogens (tertiary/aromatic N) is 1. The Morgan fingerprint density at radius 3 is 2.53 bits per heavy atom. The lowest BCUT2D eigenvalue weighted by atomic mass is 10.2. The number of aromatic carboxylic acids is 1. The first-order valence-corrected chi connectivity index (χ1v) is 5.92. The normalized spacial score (nSPS) is 10.5. The van der Waals surface area contributed by atoms with Crippen LogP contribution in [-0.2, 0) is 6.42 Å². The van der Waals surface area contributed by atoms with Crippen molar-refractivity contribution in [3.05, 3.63) is 40.7 Å². The quantitative estimate of drug-likeness (QED) is 0.911. The molecule has 3 nitrogen and oxygen atoms in total. The summed E-state index contributed by atoms with van der Waals surface area (Å²) in [6.45, 7) is 1.86. The van der Waals surface area contributed by atoms with E-state index in [-0.39, 0.29) is 10.7 Å². The maximum absolute atomic E-state index is 12.8. The number of rotatable bonds is 3. The third kappa shape index (κ3) is 2.34. The van der Waals surface area contributed by atoms with Crippen LogP contribution in [0, 0.1) is 5.82 Å². The van der Waals surface area contributed by atoms with Crippen LogP contribution in [0.25, 0.3) is 10.6 Å². The zero-order valence-corrected chi connectivity index (χ0v) is 9.92. The number of carbonyl (C=O) groups is 1. The average Bonchev–Trinajstić information content (AvgIpc) is 2.74. The Kier molecular flexibility index (Phi) is 3.19. The van der Waals surface area contributed by atoms with Gasteiger partial charge in [-0.15, -0.1) is 11.3 Å². The van der Waals surface area contributed by atoms with Crippen LogP contribution < -0.4 is 0 Å². The highest BCUT2D eigenvalue weighted by Gasteiger charge is 2.16. The molecule has 17 heavy (non-hydrogen) atoms. The van der Waals surface area contributed by atoms with Crippen LogP contribution in [0.1, 0.15) is 22.3 Å². The lowest BCUT2D eigenvalue weighted by molar-refractivity contribution is 0.0701. The van der Waals surface area contributed by atoms with E-state index in [0.717, 1.165) is 16.9 Å². The fraction of sp³-hybridized carbons (Fsp3) is 0.167. The van der Waals surface area contributed by atoms with Crippen LogP contribution in [0.4, 0.5) is 4.39 Å². The number of thiazole rings is 1. The van der Waals surface area contributed by atoms with Gasteiger partial charge in [0.15, 0.2) is 0 Å². The predicted molar refractivity (Wildman–Crippen MR) is 63.8 cm³/mol. The summed E-state index contributed by atoms with van der Waals surface area (Å²) in [4.78, 5) is 15.5. The highest BCUT2D eigenvalue weighted by atomic mass is 32.1. The van der Waals surface area contributed by atoms with Crippen LogP contribution >= 0.6 is 11.3 Å². The third-order valence-corrected chi connectivity index (χ3v) is 3.45. The molecule has 0 saturated carbocycles. The summed E-state index contributed by atoms with van der Waals surface area (Å²) in [6.07, 6.45) is 0.569. The molecule has 0 spiro atoms. The van der Waals surface area contributed by atoms with Gasteiger partial charge in [0.05, 0.1) is 5.69 Å². The molecule has 0 saturated heterocycles. The maximum atomic E-state index is 12.8. The number of carboxylic acid groups (broad SMARTS) is 1.